The van der Waals surface area contributed by atoms with Crippen LogP contribution >= 0.6 is 11.8 Å². The quantitative estimate of drug-likeness (QED) is 0.323. The van der Waals surface area contributed by atoms with Gasteiger partial charge in [-0.3, -0.25) is 15.1 Å². The number of anilines is 3. The van der Waals surface area contributed by atoms with Crippen LogP contribution in [0, 0.1) is 0 Å². The van der Waals surface area contributed by atoms with Gasteiger partial charge in [0.25, 0.3) is 5.91 Å². The molecule has 3 aromatic rings. The highest BCUT2D eigenvalue weighted by Crippen LogP contribution is 2.39. The third kappa shape index (κ3) is 6.00. The lowest BCUT2D eigenvalue weighted by Crippen LogP contribution is -2.43. The fourth-order valence-electron chi connectivity index (χ4n) is 3.66. The van der Waals surface area contributed by atoms with E-state index in [0.717, 1.165) is 4.90 Å². The van der Waals surface area contributed by atoms with Crippen molar-refractivity contribution in [3.63, 3.8) is 0 Å². The third-order valence-electron chi connectivity index (χ3n) is 5.48. The molecule has 192 valence electrons. The van der Waals surface area contributed by atoms with E-state index in [0.29, 0.717) is 11.3 Å². The highest BCUT2D eigenvalue weighted by atomic mass is 32.2. The normalized spacial score (nSPS) is 15.2. The third-order valence-corrected chi connectivity index (χ3v) is 6.22. The standard InChI is InChI=1S/C24H21F3N6O3S/c1-23(2)20(34)33(17-5-7-18(8-6-17)37-24(25,26)27)22(36)32(23)14-15-9-11-29-19(12-15)31-21(35)30-16-4-3-10-28-13-16/h3-13H,14H2,1-2H3,(H2,29,30,31,35). The Morgan fingerprint density at radius 3 is 2.43 bits per heavy atom. The van der Waals surface area contributed by atoms with Crippen LogP contribution in [0.4, 0.5) is 40.0 Å². The number of amides is 5. The number of hydrogen-bond donors (Lipinski definition) is 2. The molecule has 5 amide bonds. The van der Waals surface area contributed by atoms with Crippen LogP contribution in [-0.4, -0.2) is 43.9 Å². The second-order valence-corrected chi connectivity index (χ2v) is 9.62. The van der Waals surface area contributed by atoms with Crippen molar-refractivity contribution in [3.05, 3.63) is 72.7 Å². The predicted octanol–water partition coefficient (Wildman–Crippen LogP) is 5.48. The number of nitrogens with one attached hydrogen (secondary N) is 2. The van der Waals surface area contributed by atoms with Crippen molar-refractivity contribution in [2.75, 3.05) is 15.5 Å². The molecule has 0 aliphatic carbocycles. The van der Waals surface area contributed by atoms with E-state index in [1.54, 1.807) is 44.3 Å². The molecule has 1 saturated heterocycles. The van der Waals surface area contributed by atoms with E-state index in [9.17, 15) is 27.6 Å². The Morgan fingerprint density at radius 1 is 1.05 bits per heavy atom. The maximum absolute atomic E-state index is 13.3. The lowest BCUT2D eigenvalue weighted by atomic mass is 10.0. The summed E-state index contributed by atoms with van der Waals surface area (Å²) < 4.78 is 37.9. The molecule has 1 aliphatic heterocycles. The van der Waals surface area contributed by atoms with Crippen LogP contribution in [-0.2, 0) is 11.3 Å². The lowest BCUT2D eigenvalue weighted by Gasteiger charge is -2.27. The molecule has 0 spiro atoms. The van der Waals surface area contributed by atoms with E-state index in [4.69, 9.17) is 0 Å². The molecule has 2 aromatic heterocycles. The van der Waals surface area contributed by atoms with Crippen molar-refractivity contribution in [1.82, 2.24) is 14.9 Å². The first kappa shape index (κ1) is 25.9. The number of carbonyl (C=O) groups excluding carboxylic acids is 3. The number of benzene rings is 1. The molecule has 4 rings (SSSR count). The largest absolute Gasteiger partial charge is 0.446 e. The van der Waals surface area contributed by atoms with Gasteiger partial charge in [0.2, 0.25) is 0 Å². The maximum atomic E-state index is 13.3. The van der Waals surface area contributed by atoms with Crippen molar-refractivity contribution in [2.45, 2.75) is 36.3 Å². The van der Waals surface area contributed by atoms with Gasteiger partial charge in [-0.1, -0.05) is 0 Å². The average Bonchev–Trinajstić information content (AvgIpc) is 2.99. The number of nitrogens with zero attached hydrogens (tertiary/aromatic N) is 4. The number of pyridine rings is 2. The van der Waals surface area contributed by atoms with E-state index in [2.05, 4.69) is 20.6 Å². The van der Waals surface area contributed by atoms with Crippen molar-refractivity contribution < 1.29 is 27.6 Å². The van der Waals surface area contributed by atoms with Crippen LogP contribution in [0.5, 0.6) is 0 Å². The monoisotopic (exact) mass is 530 g/mol. The van der Waals surface area contributed by atoms with Gasteiger partial charge in [-0.05, 0) is 79.7 Å². The molecular weight excluding hydrogens is 509 g/mol. The number of rotatable bonds is 6. The lowest BCUT2D eigenvalue weighted by molar-refractivity contribution is -0.123. The van der Waals surface area contributed by atoms with Gasteiger partial charge in [0.15, 0.2) is 0 Å². The van der Waals surface area contributed by atoms with Crippen LogP contribution in [0.2, 0.25) is 0 Å². The van der Waals surface area contributed by atoms with E-state index >= 15 is 0 Å². The maximum Gasteiger partial charge on any atom is 0.446 e. The van der Waals surface area contributed by atoms with Crippen molar-refractivity contribution in [1.29, 1.82) is 0 Å². The predicted molar refractivity (Wildman–Crippen MR) is 132 cm³/mol. The SMILES string of the molecule is CC1(C)C(=O)N(c2ccc(SC(F)(F)F)cc2)C(=O)N1Cc1ccnc(NC(=O)Nc2cccnc2)c1. The highest BCUT2D eigenvalue weighted by Gasteiger charge is 2.51. The van der Waals surface area contributed by atoms with Crippen LogP contribution in [0.1, 0.15) is 19.4 Å². The minimum Gasteiger partial charge on any atom is -0.306 e. The topological polar surface area (TPSA) is 108 Å². The zero-order valence-electron chi connectivity index (χ0n) is 19.6. The number of halogens is 3. The van der Waals surface area contributed by atoms with E-state index in [1.807, 2.05) is 0 Å². The molecule has 0 unspecified atom stereocenters. The Labute approximate surface area is 214 Å². The molecule has 1 aromatic carbocycles. The molecule has 0 atom stereocenters. The minimum absolute atomic E-state index is 0.0253. The molecule has 3 heterocycles. The Hall–Kier alpha value is -4.13. The number of thioether (sulfide) groups is 1. The average molecular weight is 531 g/mol. The van der Waals surface area contributed by atoms with Crippen LogP contribution in [0.15, 0.2) is 72.0 Å². The second-order valence-electron chi connectivity index (χ2n) is 8.48. The van der Waals surface area contributed by atoms with Gasteiger partial charge in [-0.2, -0.15) is 13.2 Å². The molecular formula is C24H21F3N6O3S. The molecule has 1 fully saturated rings. The highest BCUT2D eigenvalue weighted by molar-refractivity contribution is 8.00. The van der Waals surface area contributed by atoms with Crippen LogP contribution in [0.3, 0.4) is 0 Å². The first-order valence-corrected chi connectivity index (χ1v) is 11.7. The van der Waals surface area contributed by atoms with Crippen molar-refractivity contribution >= 4 is 46.9 Å². The van der Waals surface area contributed by atoms with Crippen molar-refractivity contribution in [3.8, 4) is 0 Å². The Balaban J connectivity index is 1.48. The van der Waals surface area contributed by atoms with Gasteiger partial charge in [0.1, 0.15) is 11.4 Å². The Kier molecular flexibility index (Phi) is 7.07. The summed E-state index contributed by atoms with van der Waals surface area (Å²) in [5, 5.41) is 5.22. The molecule has 2 N–H and O–H groups in total. The van der Waals surface area contributed by atoms with Crippen LogP contribution in [0.25, 0.3) is 0 Å². The molecule has 1 aliphatic rings. The number of alkyl halides is 3. The van der Waals surface area contributed by atoms with Crippen molar-refractivity contribution in [2.24, 2.45) is 0 Å². The summed E-state index contributed by atoms with van der Waals surface area (Å²) in [5.74, 6) is -0.291. The van der Waals surface area contributed by atoms with Gasteiger partial charge in [0.05, 0.1) is 17.6 Å². The summed E-state index contributed by atoms with van der Waals surface area (Å²) in [5.41, 5.74) is -4.42. The van der Waals surface area contributed by atoms with Gasteiger partial charge >= 0.3 is 17.6 Å². The Morgan fingerprint density at radius 2 is 1.78 bits per heavy atom. The number of imide groups is 1. The zero-order valence-corrected chi connectivity index (χ0v) is 20.4. The number of carbonyl (C=O) groups is 3. The van der Waals surface area contributed by atoms with Gasteiger partial charge in [-0.25, -0.2) is 19.5 Å². The second kappa shape index (κ2) is 10.1. The fourth-order valence-corrected chi connectivity index (χ4v) is 4.20. The summed E-state index contributed by atoms with van der Waals surface area (Å²) >= 11 is -0.281. The summed E-state index contributed by atoms with van der Waals surface area (Å²) in [6.45, 7) is 3.20. The fraction of sp³-hybridized carbons (Fsp3) is 0.208. The molecule has 37 heavy (non-hydrogen) atoms. The molecule has 0 bridgehead atoms. The van der Waals surface area contributed by atoms with Gasteiger partial charge < -0.3 is 10.2 Å². The van der Waals surface area contributed by atoms with Gasteiger partial charge in [0, 0.05) is 23.8 Å². The summed E-state index contributed by atoms with van der Waals surface area (Å²) in [6, 6.07) is 10.4. The molecule has 9 nitrogen and oxygen atoms in total. The number of aromatic nitrogens is 2. The van der Waals surface area contributed by atoms with E-state index in [-0.39, 0.29) is 34.7 Å². The summed E-state index contributed by atoms with van der Waals surface area (Å²) in [4.78, 5) is 48.9. The van der Waals surface area contributed by atoms with E-state index in [1.165, 1.54) is 41.6 Å². The molecule has 13 heteroatoms. The van der Waals surface area contributed by atoms with Crippen LogP contribution < -0.4 is 15.5 Å². The number of hydrogen-bond acceptors (Lipinski definition) is 6. The number of urea groups is 2. The zero-order chi connectivity index (χ0) is 26.8. The van der Waals surface area contributed by atoms with E-state index < -0.39 is 29.0 Å². The smallest absolute Gasteiger partial charge is 0.306 e. The Bertz CT molecular complexity index is 1320. The first-order valence-electron chi connectivity index (χ1n) is 10.9. The van der Waals surface area contributed by atoms with Gasteiger partial charge in [-0.15, -0.1) is 0 Å². The minimum atomic E-state index is -4.45. The summed E-state index contributed by atoms with van der Waals surface area (Å²) in [7, 11) is 0. The molecule has 0 saturated carbocycles. The summed E-state index contributed by atoms with van der Waals surface area (Å²) in [6.07, 6.45) is 4.51. The molecule has 0 radical (unpaired) electrons. The first-order chi connectivity index (χ1) is 17.4.